The number of ether oxygens (including phenoxy) is 1. The van der Waals surface area contributed by atoms with Crippen molar-refractivity contribution in [2.45, 2.75) is 24.7 Å². The van der Waals surface area contributed by atoms with E-state index in [1.807, 2.05) is 30.5 Å². The molecule has 0 radical (unpaired) electrons. The van der Waals surface area contributed by atoms with Gasteiger partial charge in [-0.2, -0.15) is 18.8 Å². The Bertz CT molecular complexity index is 2930. The molecular weight excluding hydrogens is 908 g/mol. The third-order valence-corrected chi connectivity index (χ3v) is 12.7. The van der Waals surface area contributed by atoms with Crippen LogP contribution >= 0.6 is 0 Å². The van der Waals surface area contributed by atoms with Gasteiger partial charge in [0.1, 0.15) is 5.82 Å². The summed E-state index contributed by atoms with van der Waals surface area (Å²) in [5, 5.41) is 2.24. The van der Waals surface area contributed by atoms with E-state index in [1.165, 1.54) is 39.2 Å². The van der Waals surface area contributed by atoms with Gasteiger partial charge in [0, 0.05) is 106 Å². The van der Waals surface area contributed by atoms with E-state index in [1.54, 1.807) is 0 Å². The molecule has 3 aliphatic rings. The first-order chi connectivity index (χ1) is 28.1. The molecule has 2 aromatic heterocycles. The van der Waals surface area contributed by atoms with Gasteiger partial charge in [-0.3, -0.25) is 0 Å². The monoisotopic (exact) mass is 950 g/mol. The van der Waals surface area contributed by atoms with Gasteiger partial charge >= 0.3 is 0 Å². The van der Waals surface area contributed by atoms with Crippen LogP contribution in [-0.2, 0) is 31.9 Å². The Labute approximate surface area is 360 Å². The van der Waals surface area contributed by atoms with Crippen LogP contribution in [0.4, 0.5) is 28.4 Å². The van der Waals surface area contributed by atoms with Crippen molar-refractivity contribution < 1.29 is 25.8 Å². The molecule has 0 N–H and O–H groups in total. The van der Waals surface area contributed by atoms with Gasteiger partial charge in [0.2, 0.25) is 0 Å². The number of pyridine rings is 1. The van der Waals surface area contributed by atoms with E-state index in [-0.39, 0.29) is 26.5 Å². The minimum absolute atomic E-state index is 0. The molecule has 2 aliphatic heterocycles. The summed E-state index contributed by atoms with van der Waals surface area (Å²) < 4.78 is 8.98. The molecule has 6 aromatic carbocycles. The Balaban J connectivity index is 0.00000420. The molecule has 59 heavy (non-hydrogen) atoms. The van der Waals surface area contributed by atoms with E-state index in [9.17, 15) is 0 Å². The predicted molar refractivity (Wildman–Crippen MR) is 237 cm³/mol. The van der Waals surface area contributed by atoms with Gasteiger partial charge in [-0.25, -0.2) is 4.98 Å². The number of fused-ring (bicyclic) bond motifs is 11. The maximum Gasteiger partial charge on any atom is 0.135 e. The second-order valence-electron chi connectivity index (χ2n) is 16.6. The molecule has 0 amide bonds. The molecule has 0 saturated heterocycles. The molecule has 8 aromatic rings. The Morgan fingerprint density at radius 2 is 1.29 bits per heavy atom. The van der Waals surface area contributed by atoms with Crippen molar-refractivity contribution in [3.8, 4) is 17.3 Å². The maximum absolute atomic E-state index is 6.82. The fourth-order valence-corrected chi connectivity index (χ4v) is 10.2. The zero-order chi connectivity index (χ0) is 39.7. The maximum atomic E-state index is 6.82. The molecule has 0 unspecified atom stereocenters. The zero-order valence-corrected chi connectivity index (χ0v) is 36.4. The molecule has 0 bridgehead atoms. The number of aromatic nitrogens is 2. The molecule has 8 heteroatoms. The Hall–Kier alpha value is -6.04. The first kappa shape index (κ1) is 37.2. The standard InChI is InChI=1S/C51H43N6O.Pt/c1-50(2)37-16-12-20-41(53(3)4)47(37)51(48-38(50)17-13-21-42(48)54(5)6)36-27-25-33(30-45(36)56-31-55(7)43-22-14-18-39(51)49(43)56)58-32-24-26-35-34-15-8-9-19-40(34)57(44(35)29-32)46-23-10-11-28-52-46;/h8-28,31H,1-7H3;/q-3;. The van der Waals surface area contributed by atoms with E-state index in [4.69, 9.17) is 9.72 Å². The fourth-order valence-electron chi connectivity index (χ4n) is 10.2. The van der Waals surface area contributed by atoms with Crippen molar-refractivity contribution in [3.63, 3.8) is 0 Å². The summed E-state index contributed by atoms with van der Waals surface area (Å²) in [5.74, 6) is 2.06. The summed E-state index contributed by atoms with van der Waals surface area (Å²) in [6, 6.07) is 50.9. The van der Waals surface area contributed by atoms with Crippen molar-refractivity contribution in [3.05, 3.63) is 180 Å². The van der Waals surface area contributed by atoms with Gasteiger partial charge < -0.3 is 28.9 Å². The molecular formula is C51H43N6OPt-3. The van der Waals surface area contributed by atoms with Crippen LogP contribution in [-0.4, -0.2) is 44.8 Å². The first-order valence-corrected chi connectivity index (χ1v) is 19.9. The van der Waals surface area contributed by atoms with Crippen molar-refractivity contribution in [1.29, 1.82) is 0 Å². The van der Waals surface area contributed by atoms with Crippen LogP contribution in [0.3, 0.4) is 0 Å². The summed E-state index contributed by atoms with van der Waals surface area (Å²) in [7, 11) is 10.8. The van der Waals surface area contributed by atoms with Gasteiger partial charge in [-0.15, -0.1) is 35.2 Å². The summed E-state index contributed by atoms with van der Waals surface area (Å²) in [6.07, 6.45) is 1.83. The van der Waals surface area contributed by atoms with Gasteiger partial charge in [-0.1, -0.05) is 85.7 Å². The molecule has 4 heterocycles. The minimum atomic E-state index is -0.693. The van der Waals surface area contributed by atoms with E-state index >= 15 is 0 Å². The Morgan fingerprint density at radius 1 is 0.644 bits per heavy atom. The Kier molecular flexibility index (Phi) is 8.36. The van der Waals surface area contributed by atoms with Crippen LogP contribution in [0.2, 0.25) is 0 Å². The quantitative estimate of drug-likeness (QED) is 0.160. The third kappa shape index (κ3) is 5.01. The number of rotatable bonds is 5. The average Bonchev–Trinajstić information content (AvgIpc) is 3.75. The van der Waals surface area contributed by atoms with Crippen LogP contribution in [0.15, 0.2) is 128 Å². The van der Waals surface area contributed by atoms with E-state index in [0.29, 0.717) is 11.5 Å². The van der Waals surface area contributed by atoms with Gasteiger partial charge in [0.05, 0.1) is 0 Å². The molecule has 0 saturated carbocycles. The zero-order valence-electron chi connectivity index (χ0n) is 34.1. The number of hydrogen-bond acceptors (Lipinski definition) is 6. The average molecular weight is 951 g/mol. The first-order valence-electron chi connectivity index (χ1n) is 19.9. The molecule has 11 rings (SSSR count). The number of hydrogen-bond donors (Lipinski definition) is 0. The SMILES string of the molecule is CN(C)c1cccc2c1C1(c3ccc(Oc4[c-]c5c(cc4)c4ccccc4n5-c4ccccn4)[c-]c3N3[CH-]N(C)c4cccc1c43)c1c(N(C)C)cccc1C2(C)C.[Pt]. The molecule has 296 valence electrons. The number of benzene rings is 6. The van der Waals surface area contributed by atoms with E-state index in [0.717, 1.165) is 50.2 Å². The number of para-hydroxylation sites is 2. The van der Waals surface area contributed by atoms with Crippen molar-refractivity contribution in [2.75, 3.05) is 54.8 Å². The largest absolute Gasteiger partial charge is 0.509 e. The van der Waals surface area contributed by atoms with Gasteiger partial charge in [0.25, 0.3) is 0 Å². The van der Waals surface area contributed by atoms with E-state index < -0.39 is 5.41 Å². The summed E-state index contributed by atoms with van der Waals surface area (Å²) in [6.45, 7) is 6.95. The second-order valence-corrected chi connectivity index (χ2v) is 16.6. The molecule has 1 aliphatic carbocycles. The minimum Gasteiger partial charge on any atom is -0.509 e. The molecule has 0 fully saturated rings. The fraction of sp³-hybridized carbons (Fsp3) is 0.176. The summed E-state index contributed by atoms with van der Waals surface area (Å²) in [5.41, 5.74) is 14.4. The van der Waals surface area contributed by atoms with Crippen LogP contribution < -0.4 is 24.3 Å². The summed E-state index contributed by atoms with van der Waals surface area (Å²) in [4.78, 5) is 13.8. The van der Waals surface area contributed by atoms with Crippen LogP contribution in [0.25, 0.3) is 27.6 Å². The van der Waals surface area contributed by atoms with Gasteiger partial charge in [0.15, 0.2) is 0 Å². The van der Waals surface area contributed by atoms with Crippen LogP contribution in [0.5, 0.6) is 11.5 Å². The smallest absolute Gasteiger partial charge is 0.135 e. The normalized spacial score (nSPS) is 15.0. The predicted octanol–water partition coefficient (Wildman–Crippen LogP) is 10.7. The molecule has 1 spiro atoms. The number of anilines is 5. The van der Waals surface area contributed by atoms with Crippen LogP contribution in [0, 0.1) is 18.8 Å². The third-order valence-electron chi connectivity index (χ3n) is 12.7. The number of nitrogens with zero attached hydrogens (tertiary/aromatic N) is 6. The van der Waals surface area contributed by atoms with Crippen molar-refractivity contribution in [1.82, 2.24) is 9.55 Å². The van der Waals surface area contributed by atoms with Crippen LogP contribution in [0.1, 0.15) is 47.2 Å². The Morgan fingerprint density at radius 3 is 1.98 bits per heavy atom. The van der Waals surface area contributed by atoms with E-state index in [2.05, 4.69) is 189 Å². The second kappa shape index (κ2) is 13.2. The van der Waals surface area contributed by atoms with Crippen molar-refractivity contribution >= 4 is 50.2 Å². The van der Waals surface area contributed by atoms with Gasteiger partial charge in [-0.05, 0) is 76.6 Å². The topological polar surface area (TPSA) is 40.0 Å². The molecule has 7 nitrogen and oxygen atoms in total. The molecule has 0 atom stereocenters. The summed E-state index contributed by atoms with van der Waals surface area (Å²) >= 11 is 0. The van der Waals surface area contributed by atoms with Crippen molar-refractivity contribution in [2.24, 2.45) is 0 Å².